The molecule has 0 spiro atoms. The van der Waals surface area contributed by atoms with E-state index in [4.69, 9.17) is 4.42 Å². The molecule has 1 N–H and O–H groups in total. The highest BCUT2D eigenvalue weighted by Crippen LogP contribution is 2.27. The van der Waals surface area contributed by atoms with Crippen LogP contribution in [0.25, 0.3) is 0 Å². The van der Waals surface area contributed by atoms with Crippen LogP contribution in [-0.2, 0) is 0 Å². The third kappa shape index (κ3) is 2.62. The third-order valence-corrected chi connectivity index (χ3v) is 4.77. The summed E-state index contributed by atoms with van der Waals surface area (Å²) in [4.78, 5) is 14.5. The lowest BCUT2D eigenvalue weighted by atomic mass is 9.88. The zero-order valence-electron chi connectivity index (χ0n) is 12.4. The Labute approximate surface area is 120 Å². The van der Waals surface area contributed by atoms with Crippen LogP contribution in [0, 0.1) is 19.8 Å². The highest BCUT2D eigenvalue weighted by atomic mass is 16.3. The van der Waals surface area contributed by atoms with Crippen molar-refractivity contribution in [2.75, 3.05) is 19.6 Å². The molecule has 1 unspecified atom stereocenters. The van der Waals surface area contributed by atoms with Gasteiger partial charge in [-0.1, -0.05) is 0 Å². The molecule has 0 aliphatic carbocycles. The highest BCUT2D eigenvalue weighted by Gasteiger charge is 2.30. The second kappa shape index (κ2) is 5.60. The smallest absolute Gasteiger partial charge is 0.257 e. The van der Waals surface area contributed by atoms with Crippen molar-refractivity contribution >= 4 is 5.91 Å². The molecule has 110 valence electrons. The topological polar surface area (TPSA) is 45.5 Å². The van der Waals surface area contributed by atoms with Gasteiger partial charge >= 0.3 is 0 Å². The van der Waals surface area contributed by atoms with E-state index in [2.05, 4.69) is 5.32 Å². The monoisotopic (exact) mass is 276 g/mol. The highest BCUT2D eigenvalue weighted by molar-refractivity contribution is 5.95. The summed E-state index contributed by atoms with van der Waals surface area (Å²) in [5, 5.41) is 3.60. The first-order valence-corrected chi connectivity index (χ1v) is 7.75. The number of rotatable bonds is 2. The molecule has 0 bridgehead atoms. The maximum absolute atomic E-state index is 12.5. The number of hydrogen-bond donors (Lipinski definition) is 1. The van der Waals surface area contributed by atoms with Crippen LogP contribution >= 0.6 is 0 Å². The normalized spacial score (nSPS) is 24.3. The molecule has 1 aromatic rings. The van der Waals surface area contributed by atoms with Gasteiger partial charge < -0.3 is 14.6 Å². The molecule has 0 aromatic carbocycles. The number of furan rings is 1. The van der Waals surface area contributed by atoms with E-state index in [9.17, 15) is 4.79 Å². The predicted octanol–water partition coefficient (Wildman–Crippen LogP) is 2.50. The summed E-state index contributed by atoms with van der Waals surface area (Å²) in [6.07, 6.45) is 4.86. The van der Waals surface area contributed by atoms with Crippen LogP contribution < -0.4 is 5.32 Å². The van der Waals surface area contributed by atoms with Gasteiger partial charge in [0.25, 0.3) is 5.91 Å². The van der Waals surface area contributed by atoms with Crippen LogP contribution in [0.3, 0.4) is 0 Å². The van der Waals surface area contributed by atoms with Crippen molar-refractivity contribution in [1.29, 1.82) is 0 Å². The van der Waals surface area contributed by atoms with Crippen LogP contribution in [0.15, 0.2) is 10.5 Å². The van der Waals surface area contributed by atoms with Gasteiger partial charge in [0, 0.05) is 19.1 Å². The van der Waals surface area contributed by atoms with Crippen LogP contribution in [0.5, 0.6) is 0 Å². The molecule has 2 saturated heterocycles. The summed E-state index contributed by atoms with van der Waals surface area (Å²) in [5.74, 6) is 2.44. The lowest BCUT2D eigenvalue weighted by Gasteiger charge is -2.34. The zero-order valence-corrected chi connectivity index (χ0v) is 12.4. The van der Waals surface area contributed by atoms with Crippen molar-refractivity contribution in [2.24, 2.45) is 5.92 Å². The molecular formula is C16H24N2O2. The van der Waals surface area contributed by atoms with Crippen molar-refractivity contribution in [3.63, 3.8) is 0 Å². The molecule has 0 radical (unpaired) electrons. The van der Waals surface area contributed by atoms with Gasteiger partial charge in [-0.15, -0.1) is 0 Å². The third-order valence-electron chi connectivity index (χ3n) is 4.77. The van der Waals surface area contributed by atoms with E-state index in [0.29, 0.717) is 6.04 Å². The molecule has 1 atom stereocenters. The van der Waals surface area contributed by atoms with Gasteiger partial charge in [-0.05, 0) is 58.1 Å². The second-order valence-electron chi connectivity index (χ2n) is 6.16. The molecule has 2 aliphatic rings. The van der Waals surface area contributed by atoms with E-state index >= 15 is 0 Å². The molecule has 4 nitrogen and oxygen atoms in total. The minimum Gasteiger partial charge on any atom is -0.466 e. The lowest BCUT2D eigenvalue weighted by Crippen LogP contribution is -2.43. The van der Waals surface area contributed by atoms with E-state index in [0.717, 1.165) is 55.5 Å². The molecule has 20 heavy (non-hydrogen) atoms. The fraction of sp³-hybridized carbons (Fsp3) is 0.688. The molecular weight excluding hydrogens is 252 g/mol. The summed E-state index contributed by atoms with van der Waals surface area (Å²) >= 11 is 0. The number of carbonyl (C=O) groups is 1. The first-order valence-electron chi connectivity index (χ1n) is 7.75. The predicted molar refractivity (Wildman–Crippen MR) is 77.8 cm³/mol. The lowest BCUT2D eigenvalue weighted by molar-refractivity contribution is 0.0672. The summed E-state index contributed by atoms with van der Waals surface area (Å²) in [6, 6.07) is 2.55. The Balaban J connectivity index is 1.60. The van der Waals surface area contributed by atoms with Crippen molar-refractivity contribution in [3.8, 4) is 0 Å². The number of amides is 1. The minimum absolute atomic E-state index is 0.136. The van der Waals surface area contributed by atoms with Gasteiger partial charge in [-0.2, -0.15) is 0 Å². The Morgan fingerprint density at radius 2 is 2.05 bits per heavy atom. The van der Waals surface area contributed by atoms with Gasteiger partial charge in [0.05, 0.1) is 5.56 Å². The summed E-state index contributed by atoms with van der Waals surface area (Å²) in [6.45, 7) is 6.69. The minimum atomic E-state index is 0.136. The number of nitrogens with zero attached hydrogens (tertiary/aromatic N) is 1. The van der Waals surface area contributed by atoms with Gasteiger partial charge in [-0.25, -0.2) is 0 Å². The van der Waals surface area contributed by atoms with Crippen LogP contribution in [0.4, 0.5) is 0 Å². The van der Waals surface area contributed by atoms with E-state index in [-0.39, 0.29) is 5.91 Å². The summed E-state index contributed by atoms with van der Waals surface area (Å²) in [7, 11) is 0. The quantitative estimate of drug-likeness (QED) is 0.902. The SMILES string of the molecule is Cc1cc(C(=O)N2CCC(C3CCCN3)CC2)c(C)o1. The molecule has 3 heterocycles. The number of aryl methyl sites for hydroxylation is 2. The van der Waals surface area contributed by atoms with Crippen molar-refractivity contribution in [3.05, 3.63) is 23.2 Å². The molecule has 4 heteroatoms. The first kappa shape index (κ1) is 13.7. The van der Waals surface area contributed by atoms with Crippen molar-refractivity contribution in [2.45, 2.75) is 45.6 Å². The molecule has 2 aliphatic heterocycles. The second-order valence-corrected chi connectivity index (χ2v) is 6.16. The average molecular weight is 276 g/mol. The van der Waals surface area contributed by atoms with Crippen LogP contribution in [0.2, 0.25) is 0 Å². The fourth-order valence-corrected chi connectivity index (χ4v) is 3.63. The number of nitrogens with one attached hydrogen (secondary N) is 1. The van der Waals surface area contributed by atoms with E-state index < -0.39 is 0 Å². The Morgan fingerprint density at radius 3 is 2.60 bits per heavy atom. The number of likely N-dealkylation sites (tertiary alicyclic amines) is 1. The van der Waals surface area contributed by atoms with E-state index in [1.165, 1.54) is 12.8 Å². The maximum atomic E-state index is 12.5. The van der Waals surface area contributed by atoms with Gasteiger partial charge in [0.15, 0.2) is 0 Å². The maximum Gasteiger partial charge on any atom is 0.257 e. The van der Waals surface area contributed by atoms with Crippen molar-refractivity contribution < 1.29 is 9.21 Å². The first-order chi connectivity index (χ1) is 9.65. The standard InChI is InChI=1S/C16H24N2O2/c1-11-10-14(12(2)20-11)16(19)18-8-5-13(6-9-18)15-4-3-7-17-15/h10,13,15,17H,3-9H2,1-2H3. The molecule has 1 amide bonds. The van der Waals surface area contributed by atoms with Gasteiger partial charge in [0.1, 0.15) is 11.5 Å². The number of piperidine rings is 1. The Morgan fingerprint density at radius 1 is 1.30 bits per heavy atom. The largest absolute Gasteiger partial charge is 0.466 e. The molecule has 2 fully saturated rings. The van der Waals surface area contributed by atoms with Crippen LogP contribution in [-0.4, -0.2) is 36.5 Å². The Bertz CT molecular complexity index is 481. The molecule has 3 rings (SSSR count). The van der Waals surface area contributed by atoms with E-state index in [1.807, 2.05) is 24.8 Å². The van der Waals surface area contributed by atoms with Gasteiger partial charge in [-0.3, -0.25) is 4.79 Å². The summed E-state index contributed by atoms with van der Waals surface area (Å²) < 4.78 is 5.47. The molecule has 0 saturated carbocycles. The van der Waals surface area contributed by atoms with Crippen LogP contribution in [0.1, 0.15) is 47.6 Å². The van der Waals surface area contributed by atoms with E-state index in [1.54, 1.807) is 0 Å². The summed E-state index contributed by atoms with van der Waals surface area (Å²) in [5.41, 5.74) is 0.736. The van der Waals surface area contributed by atoms with Crippen molar-refractivity contribution in [1.82, 2.24) is 10.2 Å². The Hall–Kier alpha value is -1.29. The molecule has 1 aromatic heterocycles. The van der Waals surface area contributed by atoms with Gasteiger partial charge in [0.2, 0.25) is 0 Å². The fourth-order valence-electron chi connectivity index (χ4n) is 3.63. The zero-order chi connectivity index (χ0) is 14.1. The average Bonchev–Trinajstić information content (AvgIpc) is 3.08. The number of carbonyl (C=O) groups excluding carboxylic acids is 1. The Kier molecular flexibility index (Phi) is 3.83. The number of hydrogen-bond acceptors (Lipinski definition) is 3.